The number of fused-ring (bicyclic) bond motifs is 1. The van der Waals surface area contributed by atoms with Gasteiger partial charge in [0.05, 0.1) is 5.39 Å². The third-order valence-electron chi connectivity index (χ3n) is 4.54. The van der Waals surface area contributed by atoms with Gasteiger partial charge in [-0.05, 0) is 42.5 Å². The fraction of sp³-hybridized carbons (Fsp3) is 0.400. The lowest BCUT2D eigenvalue weighted by molar-refractivity contribution is 0.761. The van der Waals surface area contributed by atoms with Crippen molar-refractivity contribution in [1.82, 2.24) is 9.97 Å². The molecule has 3 rings (SSSR count). The summed E-state index contributed by atoms with van der Waals surface area (Å²) in [6.45, 7) is 7.49. The molecule has 25 heavy (non-hydrogen) atoms. The van der Waals surface area contributed by atoms with Gasteiger partial charge in [0.25, 0.3) is 0 Å². The first-order valence-electron chi connectivity index (χ1n) is 8.82. The van der Waals surface area contributed by atoms with E-state index < -0.39 is 0 Å². The minimum Gasteiger partial charge on any atom is -0.359 e. The highest BCUT2D eigenvalue weighted by atomic mass is 35.5. The monoisotopic (exact) mass is 373 g/mol. The normalized spacial score (nSPS) is 11.2. The van der Waals surface area contributed by atoms with Gasteiger partial charge in [0.2, 0.25) is 5.28 Å². The number of aromatic nitrogens is 2. The van der Waals surface area contributed by atoms with E-state index in [2.05, 4.69) is 67.0 Å². The van der Waals surface area contributed by atoms with Gasteiger partial charge in [0, 0.05) is 24.0 Å². The van der Waals surface area contributed by atoms with Gasteiger partial charge in [-0.25, -0.2) is 4.98 Å². The summed E-state index contributed by atoms with van der Waals surface area (Å²) in [4.78, 5) is 13.5. The highest BCUT2D eigenvalue weighted by Crippen LogP contribution is 2.42. The van der Waals surface area contributed by atoms with E-state index in [1.807, 2.05) is 0 Å². The summed E-state index contributed by atoms with van der Waals surface area (Å²) in [5.74, 6) is 0.933. The van der Waals surface area contributed by atoms with Crippen LogP contribution in [0, 0.1) is 6.92 Å². The molecular weight excluding hydrogens is 350 g/mol. The zero-order chi connectivity index (χ0) is 18.0. The van der Waals surface area contributed by atoms with Crippen molar-refractivity contribution in [3.05, 3.63) is 40.0 Å². The van der Waals surface area contributed by atoms with Gasteiger partial charge < -0.3 is 4.90 Å². The molecule has 0 spiro atoms. The highest BCUT2D eigenvalue weighted by Gasteiger charge is 2.20. The minimum atomic E-state index is 0.319. The molecule has 3 aromatic rings. The van der Waals surface area contributed by atoms with Gasteiger partial charge in [-0.15, -0.1) is 11.3 Å². The number of aryl methyl sites for hydroxylation is 2. The average Bonchev–Trinajstić information content (AvgIpc) is 2.94. The first kappa shape index (κ1) is 18.2. The summed E-state index contributed by atoms with van der Waals surface area (Å²) in [5, 5.41) is 1.44. The van der Waals surface area contributed by atoms with E-state index in [9.17, 15) is 0 Å². The fourth-order valence-electron chi connectivity index (χ4n) is 3.10. The van der Waals surface area contributed by atoms with Crippen LogP contribution in [-0.2, 0) is 6.42 Å². The molecule has 0 fully saturated rings. The molecule has 0 radical (unpaired) electrons. The van der Waals surface area contributed by atoms with Crippen LogP contribution in [0.3, 0.4) is 0 Å². The molecule has 132 valence electrons. The smallest absolute Gasteiger partial charge is 0.225 e. The quantitative estimate of drug-likeness (QED) is 0.487. The van der Waals surface area contributed by atoms with Crippen molar-refractivity contribution in [3.63, 3.8) is 0 Å². The van der Waals surface area contributed by atoms with E-state index >= 15 is 0 Å². The van der Waals surface area contributed by atoms with Crippen LogP contribution in [0.4, 0.5) is 5.82 Å². The molecule has 0 atom stereocenters. The van der Waals surface area contributed by atoms with Crippen LogP contribution in [-0.4, -0.2) is 23.6 Å². The predicted octanol–water partition coefficient (Wildman–Crippen LogP) is 6.12. The number of hydrogen-bond donors (Lipinski definition) is 0. The Bertz CT molecular complexity index is 871. The van der Waals surface area contributed by atoms with Crippen LogP contribution >= 0.6 is 22.9 Å². The van der Waals surface area contributed by atoms with Crippen molar-refractivity contribution in [1.29, 1.82) is 0 Å². The second kappa shape index (κ2) is 7.71. The SMILES string of the molecule is CCCCN(C)c1nc(Cl)nc2sc(C)c(-c3ccc(CC)cc3)c12. The van der Waals surface area contributed by atoms with E-state index in [1.54, 1.807) is 11.3 Å². The average molecular weight is 374 g/mol. The molecule has 2 aromatic heterocycles. The Balaban J connectivity index is 2.19. The van der Waals surface area contributed by atoms with Crippen LogP contribution in [0.5, 0.6) is 0 Å². The van der Waals surface area contributed by atoms with Crippen molar-refractivity contribution in [2.24, 2.45) is 0 Å². The van der Waals surface area contributed by atoms with Crippen LogP contribution in [0.25, 0.3) is 21.3 Å². The van der Waals surface area contributed by atoms with E-state index in [0.717, 1.165) is 41.8 Å². The summed E-state index contributed by atoms with van der Waals surface area (Å²) in [6, 6.07) is 8.82. The fourth-order valence-corrected chi connectivity index (χ4v) is 4.35. The summed E-state index contributed by atoms with van der Waals surface area (Å²) in [7, 11) is 2.09. The third-order valence-corrected chi connectivity index (χ3v) is 5.71. The predicted molar refractivity (Wildman–Crippen MR) is 110 cm³/mol. The number of halogens is 1. The molecule has 0 aliphatic carbocycles. The Hall–Kier alpha value is -1.65. The van der Waals surface area contributed by atoms with Crippen molar-refractivity contribution in [2.75, 3.05) is 18.5 Å². The lowest BCUT2D eigenvalue weighted by atomic mass is 10.0. The molecule has 2 heterocycles. The van der Waals surface area contributed by atoms with Crippen molar-refractivity contribution < 1.29 is 0 Å². The third kappa shape index (κ3) is 3.65. The van der Waals surface area contributed by atoms with Crippen LogP contribution in [0.1, 0.15) is 37.1 Å². The number of anilines is 1. The van der Waals surface area contributed by atoms with Gasteiger partial charge in [-0.3, -0.25) is 0 Å². The Morgan fingerprint density at radius 3 is 2.48 bits per heavy atom. The highest BCUT2D eigenvalue weighted by molar-refractivity contribution is 7.19. The zero-order valence-corrected chi connectivity index (χ0v) is 16.8. The van der Waals surface area contributed by atoms with E-state index in [4.69, 9.17) is 11.6 Å². The standard InChI is InChI=1S/C20H24ClN3S/c1-5-7-12-24(4)18-17-16(15-10-8-14(6-2)9-11-15)13(3)25-19(17)23-20(21)22-18/h8-11H,5-7,12H2,1-4H3. The Kier molecular flexibility index (Phi) is 5.60. The molecule has 0 N–H and O–H groups in total. The Labute approximate surface area is 158 Å². The minimum absolute atomic E-state index is 0.319. The van der Waals surface area contributed by atoms with Crippen LogP contribution in [0.15, 0.2) is 24.3 Å². The summed E-state index contributed by atoms with van der Waals surface area (Å²) < 4.78 is 0. The summed E-state index contributed by atoms with van der Waals surface area (Å²) >= 11 is 7.90. The molecule has 0 aliphatic heterocycles. The molecule has 0 amide bonds. The van der Waals surface area contributed by atoms with Crippen molar-refractivity contribution >= 4 is 39.0 Å². The largest absolute Gasteiger partial charge is 0.359 e. The Morgan fingerprint density at radius 2 is 1.84 bits per heavy atom. The van der Waals surface area contributed by atoms with E-state index in [1.165, 1.54) is 21.6 Å². The molecular formula is C20H24ClN3S. The molecule has 0 saturated heterocycles. The molecule has 3 nitrogen and oxygen atoms in total. The lowest BCUT2D eigenvalue weighted by Gasteiger charge is -2.19. The molecule has 0 aliphatic rings. The second-order valence-corrected chi connectivity index (χ2v) is 7.90. The van der Waals surface area contributed by atoms with Crippen LogP contribution in [0.2, 0.25) is 5.28 Å². The maximum absolute atomic E-state index is 6.21. The van der Waals surface area contributed by atoms with Crippen molar-refractivity contribution in [3.8, 4) is 11.1 Å². The number of rotatable bonds is 6. The zero-order valence-electron chi connectivity index (χ0n) is 15.3. The number of benzene rings is 1. The van der Waals surface area contributed by atoms with Gasteiger partial charge in [-0.1, -0.05) is 44.5 Å². The molecule has 5 heteroatoms. The molecule has 0 unspecified atom stereocenters. The van der Waals surface area contributed by atoms with Gasteiger partial charge in [0.1, 0.15) is 10.6 Å². The first-order valence-corrected chi connectivity index (χ1v) is 10.0. The number of nitrogens with zero attached hydrogens (tertiary/aromatic N) is 3. The molecule has 0 saturated carbocycles. The molecule has 1 aromatic carbocycles. The first-order chi connectivity index (χ1) is 12.0. The van der Waals surface area contributed by atoms with Gasteiger partial charge in [0.15, 0.2) is 0 Å². The van der Waals surface area contributed by atoms with Gasteiger partial charge >= 0.3 is 0 Å². The molecule has 0 bridgehead atoms. The van der Waals surface area contributed by atoms with Crippen LogP contribution < -0.4 is 4.90 Å². The van der Waals surface area contributed by atoms with Crippen molar-refractivity contribution in [2.45, 2.75) is 40.0 Å². The second-order valence-electron chi connectivity index (χ2n) is 6.36. The summed E-state index contributed by atoms with van der Waals surface area (Å²) in [5.41, 5.74) is 3.80. The van der Waals surface area contributed by atoms with E-state index in [-0.39, 0.29) is 0 Å². The van der Waals surface area contributed by atoms with Gasteiger partial charge in [-0.2, -0.15) is 4.98 Å². The topological polar surface area (TPSA) is 29.0 Å². The maximum atomic E-state index is 6.21. The number of unbranched alkanes of at least 4 members (excludes halogenated alkanes) is 1. The number of thiophene rings is 1. The lowest BCUT2D eigenvalue weighted by Crippen LogP contribution is -2.20. The number of hydrogen-bond acceptors (Lipinski definition) is 4. The maximum Gasteiger partial charge on any atom is 0.225 e. The van der Waals surface area contributed by atoms with E-state index in [0.29, 0.717) is 5.28 Å². The Morgan fingerprint density at radius 1 is 1.12 bits per heavy atom. The summed E-state index contributed by atoms with van der Waals surface area (Å²) in [6.07, 6.45) is 3.33.